The lowest BCUT2D eigenvalue weighted by atomic mass is 9.91. The Kier molecular flexibility index (Phi) is 6.53. The summed E-state index contributed by atoms with van der Waals surface area (Å²) in [6.45, 7) is 5.12. The normalized spacial score (nSPS) is 23.3. The fourth-order valence-electron chi connectivity index (χ4n) is 4.81. The standard InChI is InChI=1S/C24H33N5O2/c1-15-7-8-20-17(13-15)14-19(23(25)26-16(2)30)24(28-20)29-11-9-18(10-12-29)27-21-5-3-4-6-22(21)31/h7-8,13-14,18,21-22,27,31H,3-6,9-12H2,1-2H3,(H2,25,26,30). The molecule has 1 saturated carbocycles. The van der Waals surface area contributed by atoms with Crippen LogP contribution in [0.2, 0.25) is 0 Å². The predicted octanol–water partition coefficient (Wildman–Crippen LogP) is 2.66. The van der Waals surface area contributed by atoms with Crippen LogP contribution in [0, 0.1) is 6.92 Å². The first-order chi connectivity index (χ1) is 14.9. The number of aliphatic hydroxyl groups is 1. The molecule has 2 heterocycles. The molecule has 0 bridgehead atoms. The van der Waals surface area contributed by atoms with Crippen LogP contribution < -0.4 is 16.0 Å². The van der Waals surface area contributed by atoms with Gasteiger partial charge in [0, 0.05) is 37.5 Å². The van der Waals surface area contributed by atoms with Gasteiger partial charge < -0.3 is 21.1 Å². The Morgan fingerprint density at radius 1 is 1.19 bits per heavy atom. The molecule has 2 unspecified atom stereocenters. The van der Waals surface area contributed by atoms with Crippen LogP contribution >= 0.6 is 0 Å². The number of anilines is 1. The van der Waals surface area contributed by atoms with Gasteiger partial charge in [0.2, 0.25) is 5.91 Å². The summed E-state index contributed by atoms with van der Waals surface area (Å²) in [6, 6.07) is 8.74. The van der Waals surface area contributed by atoms with Gasteiger partial charge in [-0.05, 0) is 50.8 Å². The molecule has 1 amide bonds. The van der Waals surface area contributed by atoms with E-state index in [-0.39, 0.29) is 23.9 Å². The summed E-state index contributed by atoms with van der Waals surface area (Å²) in [7, 11) is 0. The molecular formula is C24H33N5O2. The van der Waals surface area contributed by atoms with Crippen LogP contribution in [0.4, 0.5) is 5.82 Å². The van der Waals surface area contributed by atoms with Crippen molar-refractivity contribution in [1.82, 2.24) is 10.3 Å². The van der Waals surface area contributed by atoms with E-state index in [2.05, 4.69) is 27.3 Å². The van der Waals surface area contributed by atoms with Crippen LogP contribution in [-0.2, 0) is 4.79 Å². The van der Waals surface area contributed by atoms with Crippen LogP contribution in [0.15, 0.2) is 29.3 Å². The van der Waals surface area contributed by atoms with Crippen LogP contribution in [-0.4, -0.2) is 53.1 Å². The molecule has 0 radical (unpaired) electrons. The van der Waals surface area contributed by atoms with Crippen LogP contribution in [0.3, 0.4) is 0 Å². The van der Waals surface area contributed by atoms with Gasteiger partial charge in [-0.15, -0.1) is 0 Å². The Bertz CT molecular complexity index is 981. The van der Waals surface area contributed by atoms with E-state index in [4.69, 9.17) is 10.7 Å². The fourth-order valence-corrected chi connectivity index (χ4v) is 4.81. The molecule has 31 heavy (non-hydrogen) atoms. The topological polar surface area (TPSA) is 104 Å². The first-order valence-corrected chi connectivity index (χ1v) is 11.4. The number of carbonyl (C=O) groups excluding carboxylic acids is 1. The molecule has 1 saturated heterocycles. The lowest BCUT2D eigenvalue weighted by Gasteiger charge is -2.38. The lowest BCUT2D eigenvalue weighted by Crippen LogP contribution is -2.51. The van der Waals surface area contributed by atoms with Gasteiger partial charge in [0.1, 0.15) is 11.7 Å². The third kappa shape index (κ3) is 5.05. The van der Waals surface area contributed by atoms with Gasteiger partial charge in [-0.3, -0.25) is 4.79 Å². The zero-order chi connectivity index (χ0) is 22.0. The SMILES string of the molecule is CC(=O)N=C(N)c1cc2cc(C)ccc2nc1N1CCC(NC2CCCCC2O)CC1. The van der Waals surface area contributed by atoms with Crippen molar-refractivity contribution in [3.63, 3.8) is 0 Å². The number of nitrogens with one attached hydrogen (secondary N) is 1. The number of aryl methyl sites for hydroxylation is 1. The monoisotopic (exact) mass is 423 g/mol. The minimum absolute atomic E-state index is 0.209. The largest absolute Gasteiger partial charge is 0.392 e. The summed E-state index contributed by atoms with van der Waals surface area (Å²) in [6.07, 6.45) is 5.97. The molecule has 2 atom stereocenters. The maximum Gasteiger partial charge on any atom is 0.244 e. The van der Waals surface area contributed by atoms with E-state index in [0.29, 0.717) is 11.6 Å². The number of carbonyl (C=O) groups is 1. The molecule has 166 valence electrons. The van der Waals surface area contributed by atoms with Crippen molar-refractivity contribution in [3.05, 3.63) is 35.4 Å². The van der Waals surface area contributed by atoms with Gasteiger partial charge in [0.05, 0.1) is 17.2 Å². The number of amides is 1. The molecule has 4 N–H and O–H groups in total. The number of nitrogens with two attached hydrogens (primary N) is 1. The summed E-state index contributed by atoms with van der Waals surface area (Å²) < 4.78 is 0. The number of aliphatic imine (C=N–C) groups is 1. The molecule has 1 aliphatic carbocycles. The van der Waals surface area contributed by atoms with Crippen LogP contribution in [0.25, 0.3) is 10.9 Å². The number of pyridine rings is 1. The average molecular weight is 424 g/mol. The third-order valence-corrected chi connectivity index (χ3v) is 6.48. The molecule has 1 aliphatic heterocycles. The number of benzene rings is 1. The van der Waals surface area contributed by atoms with E-state index < -0.39 is 0 Å². The number of piperidine rings is 1. The molecule has 2 aliphatic rings. The number of amidine groups is 1. The Balaban J connectivity index is 1.55. The number of aliphatic hydroxyl groups excluding tert-OH is 1. The van der Waals surface area contributed by atoms with Gasteiger partial charge in [0.15, 0.2) is 0 Å². The molecule has 2 aromatic rings. The molecule has 1 aromatic carbocycles. The van der Waals surface area contributed by atoms with Crippen molar-refractivity contribution in [2.24, 2.45) is 10.7 Å². The summed E-state index contributed by atoms with van der Waals surface area (Å²) in [5.74, 6) is 0.681. The molecule has 4 rings (SSSR count). The van der Waals surface area contributed by atoms with Crippen molar-refractivity contribution in [2.45, 2.75) is 70.6 Å². The average Bonchev–Trinajstić information content (AvgIpc) is 2.74. The zero-order valence-corrected chi connectivity index (χ0v) is 18.5. The molecule has 1 aromatic heterocycles. The highest BCUT2D eigenvalue weighted by Crippen LogP contribution is 2.28. The number of fused-ring (bicyclic) bond motifs is 1. The molecule has 7 heteroatoms. The van der Waals surface area contributed by atoms with Crippen LogP contribution in [0.1, 0.15) is 56.6 Å². The Morgan fingerprint density at radius 2 is 1.94 bits per heavy atom. The third-order valence-electron chi connectivity index (χ3n) is 6.48. The van der Waals surface area contributed by atoms with Crippen LogP contribution in [0.5, 0.6) is 0 Å². The molecule has 7 nitrogen and oxygen atoms in total. The summed E-state index contributed by atoms with van der Waals surface area (Å²) in [4.78, 5) is 22.7. The van der Waals surface area contributed by atoms with Gasteiger partial charge in [-0.2, -0.15) is 4.99 Å². The van der Waals surface area contributed by atoms with Gasteiger partial charge in [-0.25, -0.2) is 4.98 Å². The van der Waals surface area contributed by atoms with Gasteiger partial charge in [-0.1, -0.05) is 24.5 Å². The molecule has 2 fully saturated rings. The summed E-state index contributed by atoms with van der Waals surface area (Å²) >= 11 is 0. The smallest absolute Gasteiger partial charge is 0.244 e. The van der Waals surface area contributed by atoms with E-state index in [1.54, 1.807) is 0 Å². The second-order valence-corrected chi connectivity index (χ2v) is 8.96. The highest BCUT2D eigenvalue weighted by molar-refractivity contribution is 6.08. The van der Waals surface area contributed by atoms with Gasteiger partial charge in [0.25, 0.3) is 0 Å². The number of aromatic nitrogens is 1. The van der Waals surface area contributed by atoms with Crippen molar-refractivity contribution in [2.75, 3.05) is 18.0 Å². The zero-order valence-electron chi connectivity index (χ0n) is 18.5. The number of hydrogen-bond donors (Lipinski definition) is 3. The molecular weight excluding hydrogens is 390 g/mol. The minimum Gasteiger partial charge on any atom is -0.392 e. The van der Waals surface area contributed by atoms with Crippen molar-refractivity contribution in [3.8, 4) is 0 Å². The molecule has 0 spiro atoms. The maximum atomic E-state index is 11.6. The Labute approximate surface area is 183 Å². The summed E-state index contributed by atoms with van der Waals surface area (Å²) in [5.41, 5.74) is 8.98. The van der Waals surface area contributed by atoms with E-state index in [1.165, 1.54) is 13.3 Å². The van der Waals surface area contributed by atoms with Gasteiger partial charge >= 0.3 is 0 Å². The van der Waals surface area contributed by atoms with E-state index >= 15 is 0 Å². The van der Waals surface area contributed by atoms with E-state index in [9.17, 15) is 9.90 Å². The minimum atomic E-state index is -0.318. The highest BCUT2D eigenvalue weighted by Gasteiger charge is 2.28. The van der Waals surface area contributed by atoms with E-state index in [0.717, 1.165) is 67.5 Å². The maximum absolute atomic E-state index is 11.6. The van der Waals surface area contributed by atoms with Crippen molar-refractivity contribution in [1.29, 1.82) is 0 Å². The highest BCUT2D eigenvalue weighted by atomic mass is 16.3. The quantitative estimate of drug-likeness (QED) is 0.516. The fraction of sp³-hybridized carbons (Fsp3) is 0.542. The Hall–Kier alpha value is -2.51. The van der Waals surface area contributed by atoms with E-state index in [1.807, 2.05) is 19.1 Å². The second kappa shape index (κ2) is 9.32. The lowest BCUT2D eigenvalue weighted by molar-refractivity contribution is -0.115. The second-order valence-electron chi connectivity index (χ2n) is 8.96. The van der Waals surface area contributed by atoms with Crippen molar-refractivity contribution >= 4 is 28.5 Å². The summed E-state index contributed by atoms with van der Waals surface area (Å²) in [5, 5.41) is 15.0. The number of nitrogens with zero attached hydrogens (tertiary/aromatic N) is 3. The number of rotatable bonds is 4. The first-order valence-electron chi connectivity index (χ1n) is 11.4. The first kappa shape index (κ1) is 21.7. The Morgan fingerprint density at radius 3 is 2.65 bits per heavy atom. The van der Waals surface area contributed by atoms with Crippen molar-refractivity contribution < 1.29 is 9.90 Å². The predicted molar refractivity (Wildman–Crippen MR) is 125 cm³/mol. The number of hydrogen-bond acceptors (Lipinski definition) is 5.